The van der Waals surface area contributed by atoms with Crippen LogP contribution in [0.4, 0.5) is 10.7 Å². The van der Waals surface area contributed by atoms with Crippen molar-refractivity contribution < 1.29 is 0 Å². The van der Waals surface area contributed by atoms with Crippen molar-refractivity contribution in [3.63, 3.8) is 0 Å². The number of nitrogens with zero attached hydrogens (tertiary/aromatic N) is 2. The monoisotopic (exact) mass is 327 g/mol. The highest BCUT2D eigenvalue weighted by Crippen LogP contribution is 2.32. The van der Waals surface area contributed by atoms with Crippen LogP contribution < -0.4 is 5.32 Å². The average Bonchev–Trinajstić information content (AvgIpc) is 2.63. The number of hydrogen-bond acceptors (Lipinski definition) is 4. The summed E-state index contributed by atoms with van der Waals surface area (Å²) in [5.74, 6) is 0. The molecule has 6 heteroatoms. The van der Waals surface area contributed by atoms with Crippen LogP contribution in [0.2, 0.25) is 5.02 Å². The zero-order valence-corrected chi connectivity index (χ0v) is 11.9. The molecule has 0 fully saturated rings. The van der Waals surface area contributed by atoms with Gasteiger partial charge in [0.25, 0.3) is 0 Å². The second kappa shape index (κ2) is 5.05. The third-order valence-electron chi connectivity index (χ3n) is 2.15. The van der Waals surface area contributed by atoms with Gasteiger partial charge in [-0.1, -0.05) is 11.6 Å². The van der Waals surface area contributed by atoms with Crippen LogP contribution in [0, 0.1) is 18.3 Å². The Kier molecular flexibility index (Phi) is 3.67. The minimum atomic E-state index is 0.580. The second-order valence-corrected chi connectivity index (χ2v) is 5.40. The molecule has 0 amide bonds. The van der Waals surface area contributed by atoms with Crippen molar-refractivity contribution in [3.8, 4) is 6.07 Å². The Hall–Kier alpha value is -1.09. The van der Waals surface area contributed by atoms with Crippen molar-refractivity contribution >= 4 is 49.8 Å². The van der Waals surface area contributed by atoms with Gasteiger partial charge in [0.1, 0.15) is 16.6 Å². The van der Waals surface area contributed by atoms with Gasteiger partial charge in [0.05, 0.1) is 11.4 Å². The number of aryl methyl sites for hydroxylation is 1. The minimum Gasteiger partial charge on any atom is -0.344 e. The third-order valence-corrected chi connectivity index (χ3v) is 3.90. The zero-order valence-electron chi connectivity index (χ0n) is 8.79. The number of nitrogens with one attached hydrogen (secondary N) is 1. The topological polar surface area (TPSA) is 48.7 Å². The summed E-state index contributed by atoms with van der Waals surface area (Å²) in [4.78, 5) is 0. The lowest BCUT2D eigenvalue weighted by atomic mass is 10.2. The lowest BCUT2D eigenvalue weighted by Gasteiger charge is -2.06. The van der Waals surface area contributed by atoms with Gasteiger partial charge < -0.3 is 5.32 Å². The van der Waals surface area contributed by atoms with Crippen molar-refractivity contribution in [3.05, 3.63) is 39.0 Å². The first kappa shape index (κ1) is 12.4. The molecule has 0 aliphatic rings. The summed E-state index contributed by atoms with van der Waals surface area (Å²) in [5.41, 5.74) is 2.18. The maximum absolute atomic E-state index is 9.02. The van der Waals surface area contributed by atoms with Gasteiger partial charge in [-0.25, -0.2) is 0 Å². The van der Waals surface area contributed by atoms with Crippen LogP contribution in [-0.4, -0.2) is 4.37 Å². The van der Waals surface area contributed by atoms with Crippen molar-refractivity contribution in [2.45, 2.75) is 6.92 Å². The normalized spacial score (nSPS) is 10.0. The fourth-order valence-electron chi connectivity index (χ4n) is 1.30. The van der Waals surface area contributed by atoms with E-state index in [1.165, 1.54) is 11.5 Å². The van der Waals surface area contributed by atoms with E-state index < -0.39 is 0 Å². The molecule has 0 bridgehead atoms. The van der Waals surface area contributed by atoms with Gasteiger partial charge in [-0.05, 0) is 52.6 Å². The van der Waals surface area contributed by atoms with Crippen molar-refractivity contribution in [1.29, 1.82) is 5.26 Å². The zero-order chi connectivity index (χ0) is 12.4. The first-order valence-corrected chi connectivity index (χ1v) is 6.64. The molecule has 2 rings (SSSR count). The van der Waals surface area contributed by atoms with Gasteiger partial charge in [0.15, 0.2) is 0 Å². The van der Waals surface area contributed by atoms with E-state index in [-0.39, 0.29) is 0 Å². The molecule has 1 aromatic carbocycles. The van der Waals surface area contributed by atoms with Crippen LogP contribution in [0.25, 0.3) is 0 Å². The van der Waals surface area contributed by atoms with Crippen LogP contribution >= 0.6 is 39.1 Å². The van der Waals surface area contributed by atoms with Crippen LogP contribution in [0.3, 0.4) is 0 Å². The summed E-state index contributed by atoms with van der Waals surface area (Å²) >= 11 is 10.5. The maximum atomic E-state index is 9.02. The Morgan fingerprint density at radius 3 is 2.94 bits per heavy atom. The van der Waals surface area contributed by atoms with E-state index in [1.54, 1.807) is 12.1 Å². The number of nitriles is 1. The van der Waals surface area contributed by atoms with E-state index in [4.69, 9.17) is 16.9 Å². The largest absolute Gasteiger partial charge is 0.344 e. The molecule has 2 aromatic rings. The van der Waals surface area contributed by atoms with E-state index in [2.05, 4.69) is 31.7 Å². The molecule has 0 aliphatic carbocycles. The predicted molar refractivity (Wildman–Crippen MR) is 74.0 cm³/mol. The minimum absolute atomic E-state index is 0.580. The molecule has 0 atom stereocenters. The Morgan fingerprint density at radius 2 is 2.29 bits per heavy atom. The van der Waals surface area contributed by atoms with Crippen LogP contribution in [0.1, 0.15) is 11.3 Å². The number of rotatable bonds is 2. The molecule has 0 unspecified atom stereocenters. The van der Waals surface area contributed by atoms with Crippen LogP contribution in [0.5, 0.6) is 0 Å². The lowest BCUT2D eigenvalue weighted by Crippen LogP contribution is -1.91. The number of benzene rings is 1. The Bertz CT molecular complexity index is 603. The van der Waals surface area contributed by atoms with E-state index in [0.29, 0.717) is 10.6 Å². The van der Waals surface area contributed by atoms with Crippen molar-refractivity contribution in [2.24, 2.45) is 0 Å². The first-order valence-electron chi connectivity index (χ1n) is 4.70. The van der Waals surface area contributed by atoms with Gasteiger partial charge in [-0.15, -0.1) is 0 Å². The van der Waals surface area contributed by atoms with Crippen LogP contribution in [0.15, 0.2) is 22.7 Å². The molecule has 0 radical (unpaired) electrons. The molecule has 0 saturated carbocycles. The Balaban J connectivity index is 2.35. The molecule has 3 nitrogen and oxygen atoms in total. The third kappa shape index (κ3) is 2.60. The quantitative estimate of drug-likeness (QED) is 0.884. The fourth-order valence-corrected chi connectivity index (χ4v) is 2.84. The first-order chi connectivity index (χ1) is 8.11. The molecular formula is C11H7BrClN3S. The van der Waals surface area contributed by atoms with E-state index in [0.717, 1.165) is 20.9 Å². The summed E-state index contributed by atoms with van der Waals surface area (Å²) in [6, 6.07) is 7.57. The van der Waals surface area contributed by atoms with Crippen LogP contribution in [-0.2, 0) is 0 Å². The molecule has 1 aromatic heterocycles. The summed E-state index contributed by atoms with van der Waals surface area (Å²) in [6.45, 7) is 1.82. The molecular weight excluding hydrogens is 322 g/mol. The molecule has 0 spiro atoms. The highest BCUT2D eigenvalue weighted by molar-refractivity contribution is 9.10. The van der Waals surface area contributed by atoms with E-state index in [1.807, 2.05) is 13.0 Å². The molecule has 86 valence electrons. The Labute approximate surface area is 116 Å². The van der Waals surface area contributed by atoms with Gasteiger partial charge in [-0.2, -0.15) is 9.64 Å². The standard InChI is InChI=1S/C11H7BrClN3S/c1-6-8(5-14)11(17-16-6)15-10-3-2-7(13)4-9(10)12/h2-4,15H,1H3. The summed E-state index contributed by atoms with van der Waals surface area (Å²) in [7, 11) is 0. The molecule has 1 N–H and O–H groups in total. The van der Waals surface area contributed by atoms with Crippen molar-refractivity contribution in [2.75, 3.05) is 5.32 Å². The van der Waals surface area contributed by atoms with E-state index >= 15 is 0 Å². The highest BCUT2D eigenvalue weighted by atomic mass is 79.9. The summed E-state index contributed by atoms with van der Waals surface area (Å²) in [6.07, 6.45) is 0. The number of aromatic nitrogens is 1. The number of halogens is 2. The average molecular weight is 329 g/mol. The lowest BCUT2D eigenvalue weighted by molar-refractivity contribution is 1.31. The number of anilines is 2. The van der Waals surface area contributed by atoms with Gasteiger partial charge in [0.2, 0.25) is 0 Å². The van der Waals surface area contributed by atoms with Gasteiger partial charge >= 0.3 is 0 Å². The van der Waals surface area contributed by atoms with Gasteiger partial charge in [0, 0.05) is 9.50 Å². The molecule has 1 heterocycles. The predicted octanol–water partition coefficient (Wildman–Crippen LogP) is 4.48. The maximum Gasteiger partial charge on any atom is 0.132 e. The van der Waals surface area contributed by atoms with Crippen molar-refractivity contribution in [1.82, 2.24) is 4.37 Å². The smallest absolute Gasteiger partial charge is 0.132 e. The summed E-state index contributed by atoms with van der Waals surface area (Å²) in [5, 5.41) is 13.6. The van der Waals surface area contributed by atoms with Gasteiger partial charge in [-0.3, -0.25) is 0 Å². The fraction of sp³-hybridized carbons (Fsp3) is 0.0909. The van der Waals surface area contributed by atoms with E-state index in [9.17, 15) is 0 Å². The SMILES string of the molecule is Cc1nsc(Nc2ccc(Cl)cc2Br)c1C#N. The number of hydrogen-bond donors (Lipinski definition) is 1. The summed E-state index contributed by atoms with van der Waals surface area (Å²) < 4.78 is 4.99. The molecule has 0 saturated heterocycles. The molecule has 17 heavy (non-hydrogen) atoms. The molecule has 0 aliphatic heterocycles. The highest BCUT2D eigenvalue weighted by Gasteiger charge is 2.11. The Morgan fingerprint density at radius 1 is 1.53 bits per heavy atom. The second-order valence-electron chi connectivity index (χ2n) is 3.33.